The maximum Gasteiger partial charge on any atom is 0.338 e. The molecule has 174 valence electrons. The Morgan fingerprint density at radius 1 is 1.29 bits per heavy atom. The van der Waals surface area contributed by atoms with Gasteiger partial charge in [-0.2, -0.15) is 0 Å². The number of carbonyl (C=O) groups excluding carboxylic acids is 1. The standard InChI is InChI=1S/C23H17Cl2N3O5S/c1-3-33-22(30)19-12(2)27-21(29)18(10-13-7-8-15(24)11-17(13)25)34-23(27)26-20(19)14-5-4-6-16(9-14)28(31)32/h4-11,20H,3H2,1-2H3/b18-10-/t20-/m0/s1. The molecule has 3 aromatic rings. The van der Waals surface area contributed by atoms with Crippen LogP contribution in [-0.4, -0.2) is 22.1 Å². The second-order valence-electron chi connectivity index (χ2n) is 7.30. The van der Waals surface area contributed by atoms with Crippen LogP contribution < -0.4 is 14.9 Å². The smallest absolute Gasteiger partial charge is 0.338 e. The van der Waals surface area contributed by atoms with E-state index in [-0.39, 0.29) is 23.4 Å². The van der Waals surface area contributed by atoms with Gasteiger partial charge in [0.15, 0.2) is 4.80 Å². The number of nitro groups is 1. The summed E-state index contributed by atoms with van der Waals surface area (Å²) in [6.07, 6.45) is 1.63. The van der Waals surface area contributed by atoms with E-state index in [4.69, 9.17) is 27.9 Å². The Hall–Kier alpha value is -3.27. The van der Waals surface area contributed by atoms with Gasteiger partial charge in [0, 0.05) is 27.9 Å². The lowest BCUT2D eigenvalue weighted by atomic mass is 9.96. The molecule has 1 aliphatic rings. The van der Waals surface area contributed by atoms with Crippen molar-refractivity contribution in [2.24, 2.45) is 4.99 Å². The van der Waals surface area contributed by atoms with Gasteiger partial charge in [0.1, 0.15) is 6.04 Å². The zero-order chi connectivity index (χ0) is 24.6. The molecule has 1 aliphatic heterocycles. The van der Waals surface area contributed by atoms with E-state index in [0.717, 1.165) is 11.3 Å². The third kappa shape index (κ3) is 4.42. The number of benzene rings is 2. The molecule has 0 unspecified atom stereocenters. The molecule has 2 heterocycles. The quantitative estimate of drug-likeness (QED) is 0.287. The number of ether oxygens (including phenoxy) is 1. The van der Waals surface area contributed by atoms with Crippen LogP contribution in [-0.2, 0) is 9.53 Å². The molecule has 0 fully saturated rings. The summed E-state index contributed by atoms with van der Waals surface area (Å²) in [7, 11) is 0. The molecule has 0 spiro atoms. The van der Waals surface area contributed by atoms with Gasteiger partial charge in [0.05, 0.1) is 21.6 Å². The van der Waals surface area contributed by atoms with Crippen LogP contribution >= 0.6 is 34.5 Å². The minimum atomic E-state index is -0.871. The minimum Gasteiger partial charge on any atom is -0.463 e. The van der Waals surface area contributed by atoms with Gasteiger partial charge in [0.2, 0.25) is 0 Å². The molecule has 8 nitrogen and oxygen atoms in total. The molecule has 1 aromatic heterocycles. The molecule has 1 atom stereocenters. The van der Waals surface area contributed by atoms with Gasteiger partial charge in [0.25, 0.3) is 11.2 Å². The number of esters is 1. The molecule has 4 rings (SSSR count). The first-order chi connectivity index (χ1) is 16.2. The summed E-state index contributed by atoms with van der Waals surface area (Å²) in [4.78, 5) is 41.9. The van der Waals surface area contributed by atoms with E-state index in [9.17, 15) is 19.7 Å². The average Bonchev–Trinajstić information content (AvgIpc) is 3.11. The average molecular weight is 518 g/mol. The minimum absolute atomic E-state index is 0.122. The van der Waals surface area contributed by atoms with E-state index in [1.54, 1.807) is 44.2 Å². The molecular formula is C23H17Cl2N3O5S. The molecule has 2 aromatic carbocycles. The highest BCUT2D eigenvalue weighted by molar-refractivity contribution is 7.07. The number of hydrogen-bond acceptors (Lipinski definition) is 7. The molecule has 34 heavy (non-hydrogen) atoms. The maximum atomic E-state index is 13.3. The summed E-state index contributed by atoms with van der Waals surface area (Å²) >= 11 is 13.3. The van der Waals surface area contributed by atoms with Crippen LogP contribution in [0.15, 0.2) is 57.8 Å². The van der Waals surface area contributed by atoms with Gasteiger partial charge in [-0.15, -0.1) is 0 Å². The first kappa shape index (κ1) is 23.9. The fourth-order valence-corrected chi connectivity index (χ4v) is 5.12. The number of non-ortho nitro benzene ring substituents is 1. The molecular weight excluding hydrogens is 501 g/mol. The van der Waals surface area contributed by atoms with Gasteiger partial charge in [-0.25, -0.2) is 9.79 Å². The highest BCUT2D eigenvalue weighted by Crippen LogP contribution is 2.33. The number of carbonyl (C=O) groups is 1. The second-order valence-corrected chi connectivity index (χ2v) is 9.16. The molecule has 0 amide bonds. The van der Waals surface area contributed by atoms with Crippen LogP contribution in [0.5, 0.6) is 0 Å². The van der Waals surface area contributed by atoms with Crippen molar-refractivity contribution in [2.45, 2.75) is 19.9 Å². The van der Waals surface area contributed by atoms with Gasteiger partial charge >= 0.3 is 5.97 Å². The topological polar surface area (TPSA) is 104 Å². The predicted octanol–water partition coefficient (Wildman–Crippen LogP) is 4.12. The SMILES string of the molecule is CCOC(=O)C1=C(C)n2c(s/c(=C\c3ccc(Cl)cc3Cl)c2=O)=N[C@H]1c1cccc([N+](=O)[O-])c1. The number of nitro benzene ring substituents is 1. The normalized spacial score (nSPS) is 15.6. The van der Waals surface area contributed by atoms with Gasteiger partial charge < -0.3 is 4.74 Å². The summed E-state index contributed by atoms with van der Waals surface area (Å²) in [5.74, 6) is -0.643. The van der Waals surface area contributed by atoms with Crippen LogP contribution in [0.2, 0.25) is 10.0 Å². The van der Waals surface area contributed by atoms with Crippen LogP contribution in [0.3, 0.4) is 0 Å². The number of rotatable bonds is 5. The van der Waals surface area contributed by atoms with E-state index in [2.05, 4.69) is 4.99 Å². The summed E-state index contributed by atoms with van der Waals surface area (Å²) in [5.41, 5.74) is 1.04. The third-order valence-electron chi connectivity index (χ3n) is 5.19. The summed E-state index contributed by atoms with van der Waals surface area (Å²) in [5, 5.41) is 12.1. The Kier molecular flexibility index (Phi) is 6.70. The van der Waals surface area contributed by atoms with Gasteiger partial charge in [-0.3, -0.25) is 19.5 Å². The first-order valence-electron chi connectivity index (χ1n) is 10.1. The van der Waals surface area contributed by atoms with Crippen molar-refractivity contribution >= 4 is 58.0 Å². The summed E-state index contributed by atoms with van der Waals surface area (Å²) in [6.45, 7) is 3.42. The second kappa shape index (κ2) is 9.54. The summed E-state index contributed by atoms with van der Waals surface area (Å²) in [6, 6.07) is 9.96. The van der Waals surface area contributed by atoms with Crippen LogP contribution in [0.25, 0.3) is 11.8 Å². The van der Waals surface area contributed by atoms with E-state index in [0.29, 0.717) is 36.2 Å². The zero-order valence-electron chi connectivity index (χ0n) is 18.0. The van der Waals surface area contributed by atoms with E-state index >= 15 is 0 Å². The fourth-order valence-electron chi connectivity index (χ4n) is 3.63. The molecule has 0 bridgehead atoms. The first-order valence-corrected chi connectivity index (χ1v) is 11.7. The van der Waals surface area contributed by atoms with E-state index in [1.807, 2.05) is 0 Å². The van der Waals surface area contributed by atoms with Crippen molar-refractivity contribution in [1.82, 2.24) is 4.57 Å². The Bertz CT molecular complexity index is 1540. The number of hydrogen-bond donors (Lipinski definition) is 0. The fraction of sp³-hybridized carbons (Fsp3) is 0.174. The lowest BCUT2D eigenvalue weighted by molar-refractivity contribution is -0.384. The monoisotopic (exact) mass is 517 g/mol. The number of fused-ring (bicyclic) bond motifs is 1. The van der Waals surface area contributed by atoms with Crippen LogP contribution in [0.4, 0.5) is 5.69 Å². The Balaban J connectivity index is 1.96. The molecule has 0 aliphatic carbocycles. The van der Waals surface area contributed by atoms with Crippen molar-refractivity contribution in [3.05, 3.63) is 99.0 Å². The highest BCUT2D eigenvalue weighted by Gasteiger charge is 2.32. The zero-order valence-corrected chi connectivity index (χ0v) is 20.3. The lowest BCUT2D eigenvalue weighted by Gasteiger charge is -2.22. The van der Waals surface area contributed by atoms with Crippen molar-refractivity contribution in [2.75, 3.05) is 6.61 Å². The van der Waals surface area contributed by atoms with Crippen LogP contribution in [0, 0.1) is 10.1 Å². The number of nitrogens with zero attached hydrogens (tertiary/aromatic N) is 3. The van der Waals surface area contributed by atoms with Gasteiger partial charge in [-0.05, 0) is 43.2 Å². The number of thiazole rings is 1. The molecule has 0 N–H and O–H groups in total. The lowest BCUT2D eigenvalue weighted by Crippen LogP contribution is -2.35. The number of allylic oxidation sites excluding steroid dienone is 1. The van der Waals surface area contributed by atoms with Crippen LogP contribution in [0.1, 0.15) is 31.0 Å². The Morgan fingerprint density at radius 3 is 2.74 bits per heavy atom. The van der Waals surface area contributed by atoms with E-state index in [1.165, 1.54) is 22.8 Å². The Morgan fingerprint density at radius 2 is 2.06 bits per heavy atom. The number of halogens is 2. The highest BCUT2D eigenvalue weighted by atomic mass is 35.5. The van der Waals surface area contributed by atoms with E-state index < -0.39 is 16.9 Å². The Labute approximate surface area is 207 Å². The van der Waals surface area contributed by atoms with Crippen molar-refractivity contribution in [3.8, 4) is 0 Å². The predicted molar refractivity (Wildman–Crippen MR) is 131 cm³/mol. The third-order valence-corrected chi connectivity index (χ3v) is 6.73. The molecule has 11 heteroatoms. The molecule has 0 radical (unpaired) electrons. The molecule has 0 saturated carbocycles. The number of aromatic nitrogens is 1. The largest absolute Gasteiger partial charge is 0.463 e. The molecule has 0 saturated heterocycles. The van der Waals surface area contributed by atoms with Crippen molar-refractivity contribution in [1.29, 1.82) is 0 Å². The van der Waals surface area contributed by atoms with Crippen molar-refractivity contribution < 1.29 is 14.5 Å². The van der Waals surface area contributed by atoms with Crippen molar-refractivity contribution in [3.63, 3.8) is 0 Å². The maximum absolute atomic E-state index is 13.3. The van der Waals surface area contributed by atoms with Gasteiger partial charge in [-0.1, -0.05) is 52.7 Å². The summed E-state index contributed by atoms with van der Waals surface area (Å²) < 4.78 is 6.92.